The van der Waals surface area contributed by atoms with E-state index in [9.17, 15) is 4.39 Å². The van der Waals surface area contributed by atoms with Crippen LogP contribution in [0.3, 0.4) is 0 Å². The van der Waals surface area contributed by atoms with Crippen LogP contribution in [0.2, 0.25) is 0 Å². The largest absolute Gasteiger partial charge is 0.325 e. The van der Waals surface area contributed by atoms with Crippen molar-refractivity contribution in [3.63, 3.8) is 0 Å². The number of nitrogens with zero attached hydrogens (tertiary/aromatic N) is 5. The highest BCUT2D eigenvalue weighted by molar-refractivity contribution is 9.10. The van der Waals surface area contributed by atoms with Gasteiger partial charge in [-0.3, -0.25) is 4.40 Å². The van der Waals surface area contributed by atoms with Crippen LogP contribution in [0.25, 0.3) is 16.7 Å². The second-order valence-corrected chi connectivity index (χ2v) is 7.77. The Labute approximate surface area is 168 Å². The van der Waals surface area contributed by atoms with Gasteiger partial charge >= 0.3 is 0 Å². The molecule has 0 aliphatic carbocycles. The van der Waals surface area contributed by atoms with Crippen molar-refractivity contribution in [1.29, 1.82) is 0 Å². The third-order valence-electron chi connectivity index (χ3n) is 5.25. The molecule has 4 aromatic rings. The maximum atomic E-state index is 15.0. The lowest BCUT2D eigenvalue weighted by Gasteiger charge is -2.26. The fourth-order valence-corrected chi connectivity index (χ4v) is 4.50. The van der Waals surface area contributed by atoms with E-state index in [0.717, 1.165) is 41.1 Å². The number of rotatable bonds is 1. The number of aryl methyl sites for hydroxylation is 1. The molecule has 28 heavy (non-hydrogen) atoms. The van der Waals surface area contributed by atoms with Gasteiger partial charge in [0.05, 0.1) is 10.9 Å². The van der Waals surface area contributed by atoms with Crippen LogP contribution in [0.4, 0.5) is 20.3 Å². The van der Waals surface area contributed by atoms with E-state index >= 15 is 4.39 Å². The zero-order valence-electron chi connectivity index (χ0n) is 15.1. The van der Waals surface area contributed by atoms with Crippen LogP contribution in [0.15, 0.2) is 34.8 Å². The fraction of sp³-hybridized carbons (Fsp3) is 0.250. The van der Waals surface area contributed by atoms with Gasteiger partial charge in [-0.25, -0.2) is 8.78 Å². The topological polar surface area (TPSA) is 46.3 Å². The highest BCUT2D eigenvalue weighted by Crippen LogP contribution is 2.39. The van der Waals surface area contributed by atoms with E-state index in [1.807, 2.05) is 23.1 Å². The van der Waals surface area contributed by atoms with Crippen molar-refractivity contribution in [3.05, 3.63) is 57.8 Å². The van der Waals surface area contributed by atoms with Crippen LogP contribution in [0.5, 0.6) is 0 Å². The molecule has 0 spiro atoms. The van der Waals surface area contributed by atoms with Gasteiger partial charge in [-0.15, -0.1) is 10.2 Å². The third kappa shape index (κ3) is 2.51. The molecule has 0 atom stereocenters. The number of halogens is 3. The van der Waals surface area contributed by atoms with Gasteiger partial charge < -0.3 is 4.90 Å². The predicted octanol–water partition coefficient (Wildman–Crippen LogP) is 5.10. The van der Waals surface area contributed by atoms with Gasteiger partial charge in [-0.1, -0.05) is 22.0 Å². The Balaban J connectivity index is 1.89. The quantitative estimate of drug-likeness (QED) is 0.410. The Kier molecular flexibility index (Phi) is 4.04. The lowest BCUT2D eigenvalue weighted by molar-refractivity contribution is 0.516. The number of aromatic nitrogens is 4. The lowest BCUT2D eigenvalue weighted by atomic mass is 10.1. The Bertz CT molecular complexity index is 1240. The number of hydrogen-bond acceptors (Lipinski definition) is 4. The third-order valence-corrected chi connectivity index (χ3v) is 5.99. The second kappa shape index (κ2) is 6.48. The van der Waals surface area contributed by atoms with Gasteiger partial charge in [0.2, 0.25) is 0 Å². The van der Waals surface area contributed by atoms with E-state index in [1.54, 1.807) is 17.4 Å². The van der Waals surface area contributed by atoms with E-state index in [1.165, 1.54) is 0 Å². The van der Waals surface area contributed by atoms with E-state index in [2.05, 4.69) is 31.1 Å². The molecule has 0 radical (unpaired) electrons. The molecule has 5 rings (SSSR count). The summed E-state index contributed by atoms with van der Waals surface area (Å²) in [5.74, 6) is -0.496. The van der Waals surface area contributed by atoms with E-state index in [0.29, 0.717) is 29.5 Å². The highest BCUT2D eigenvalue weighted by Gasteiger charge is 2.25. The fourth-order valence-electron chi connectivity index (χ4n) is 3.95. The van der Waals surface area contributed by atoms with Gasteiger partial charge in [0.1, 0.15) is 11.6 Å². The molecule has 0 saturated carbocycles. The number of hydrogen-bond donors (Lipinski definition) is 0. The molecule has 0 unspecified atom stereocenters. The molecule has 0 fully saturated rings. The summed E-state index contributed by atoms with van der Waals surface area (Å²) >= 11 is 3.63. The Morgan fingerprint density at radius 1 is 1.07 bits per heavy atom. The van der Waals surface area contributed by atoms with Crippen LogP contribution >= 0.6 is 15.9 Å². The average molecular weight is 444 g/mol. The molecule has 2 aromatic carbocycles. The lowest BCUT2D eigenvalue weighted by Crippen LogP contribution is -2.21. The minimum absolute atomic E-state index is 0.142. The highest BCUT2D eigenvalue weighted by atomic mass is 79.9. The van der Waals surface area contributed by atoms with Crippen molar-refractivity contribution >= 4 is 44.1 Å². The van der Waals surface area contributed by atoms with Crippen molar-refractivity contribution in [3.8, 4) is 0 Å². The molecule has 1 aliphatic rings. The summed E-state index contributed by atoms with van der Waals surface area (Å²) in [4.78, 5) is 6.59. The molecule has 8 heteroatoms. The molecular formula is C20H16BrF2N5. The molecule has 3 heterocycles. The van der Waals surface area contributed by atoms with Crippen molar-refractivity contribution in [1.82, 2.24) is 19.6 Å². The van der Waals surface area contributed by atoms with Crippen molar-refractivity contribution in [2.24, 2.45) is 0 Å². The van der Waals surface area contributed by atoms with Gasteiger partial charge in [0.25, 0.3) is 5.78 Å². The normalized spacial score (nSPS) is 14.5. The van der Waals surface area contributed by atoms with Crippen LogP contribution in [-0.4, -0.2) is 26.1 Å². The zero-order chi connectivity index (χ0) is 19.4. The van der Waals surface area contributed by atoms with Crippen LogP contribution in [0.1, 0.15) is 24.2 Å². The Hall–Kier alpha value is -2.61. The maximum absolute atomic E-state index is 15.0. The van der Waals surface area contributed by atoms with Crippen LogP contribution < -0.4 is 4.90 Å². The van der Waals surface area contributed by atoms with E-state index in [4.69, 9.17) is 0 Å². The average Bonchev–Trinajstić information content (AvgIpc) is 2.92. The van der Waals surface area contributed by atoms with Crippen LogP contribution in [-0.2, 0) is 6.42 Å². The summed E-state index contributed by atoms with van der Waals surface area (Å²) in [5, 5.41) is 8.33. The Morgan fingerprint density at radius 3 is 2.79 bits per heavy atom. The molecule has 0 saturated heterocycles. The SMILES string of the molecule is Cc1nnc2nc(N3CCCCc4c(Br)cccc43)c3c(F)c(F)ccc3n12. The molecule has 142 valence electrons. The monoisotopic (exact) mass is 443 g/mol. The van der Waals surface area contributed by atoms with E-state index < -0.39 is 11.6 Å². The van der Waals surface area contributed by atoms with Gasteiger partial charge in [-0.2, -0.15) is 4.98 Å². The molecule has 5 nitrogen and oxygen atoms in total. The summed E-state index contributed by atoms with van der Waals surface area (Å²) in [7, 11) is 0. The first kappa shape index (κ1) is 17.5. The van der Waals surface area contributed by atoms with Crippen molar-refractivity contribution in [2.45, 2.75) is 26.2 Å². The van der Waals surface area contributed by atoms with E-state index in [-0.39, 0.29) is 5.39 Å². The molecular weight excluding hydrogens is 428 g/mol. The second-order valence-electron chi connectivity index (χ2n) is 6.92. The van der Waals surface area contributed by atoms with Gasteiger partial charge in [0.15, 0.2) is 11.6 Å². The summed E-state index contributed by atoms with van der Waals surface area (Å²) in [6, 6.07) is 8.63. The summed E-state index contributed by atoms with van der Waals surface area (Å²) in [5.41, 5.74) is 2.59. The molecule has 2 aromatic heterocycles. The van der Waals surface area contributed by atoms with Crippen molar-refractivity contribution < 1.29 is 8.78 Å². The molecule has 1 aliphatic heterocycles. The molecule has 0 bridgehead atoms. The summed E-state index contributed by atoms with van der Waals surface area (Å²) in [6.45, 7) is 2.42. The molecule has 0 amide bonds. The maximum Gasteiger partial charge on any atom is 0.257 e. The number of benzene rings is 2. The summed E-state index contributed by atoms with van der Waals surface area (Å²) < 4.78 is 31.9. The number of fused-ring (bicyclic) bond motifs is 4. The smallest absolute Gasteiger partial charge is 0.257 e. The van der Waals surface area contributed by atoms with Crippen LogP contribution in [0, 0.1) is 18.6 Å². The first-order valence-electron chi connectivity index (χ1n) is 9.10. The van der Waals surface area contributed by atoms with Gasteiger partial charge in [-0.05, 0) is 56.0 Å². The Morgan fingerprint density at radius 2 is 1.93 bits per heavy atom. The first-order chi connectivity index (χ1) is 13.6. The number of anilines is 2. The van der Waals surface area contributed by atoms with Crippen molar-refractivity contribution in [2.75, 3.05) is 11.4 Å². The molecule has 0 N–H and O–H groups in total. The standard InChI is InChI=1S/C20H16BrF2N5/c1-11-25-26-20-24-19(17-16(28(11)20)9-8-14(22)18(17)23)27-10-3-2-5-12-13(21)6-4-7-15(12)27/h4,6-9H,2-3,5,10H2,1H3. The first-order valence-corrected chi connectivity index (χ1v) is 9.90. The minimum atomic E-state index is -0.907. The summed E-state index contributed by atoms with van der Waals surface area (Å²) in [6.07, 6.45) is 2.83. The zero-order valence-corrected chi connectivity index (χ0v) is 16.7. The predicted molar refractivity (Wildman–Crippen MR) is 107 cm³/mol. The minimum Gasteiger partial charge on any atom is -0.325 e. The van der Waals surface area contributed by atoms with Gasteiger partial charge in [0, 0.05) is 16.7 Å².